The average Bonchev–Trinajstić information content (AvgIpc) is 2.05. The summed E-state index contributed by atoms with van der Waals surface area (Å²) in [5.74, 6) is 0. The minimum Gasteiger partial charge on any atom is -0.458 e. The van der Waals surface area contributed by atoms with Crippen molar-refractivity contribution in [3.63, 3.8) is 0 Å². The summed E-state index contributed by atoms with van der Waals surface area (Å²) in [6.07, 6.45) is 0. The molecule has 1 aromatic rings. The van der Waals surface area contributed by atoms with Gasteiger partial charge in [-0.3, -0.25) is 11.8 Å². The minimum atomic E-state index is -3.68. The van der Waals surface area contributed by atoms with Gasteiger partial charge in [0, 0.05) is 9.92 Å². The van der Waals surface area contributed by atoms with Gasteiger partial charge >= 0.3 is 29.6 Å². The summed E-state index contributed by atoms with van der Waals surface area (Å²) >= 11 is 10.4. The van der Waals surface area contributed by atoms with Crippen LogP contribution in [0.3, 0.4) is 0 Å². The van der Waals surface area contributed by atoms with Gasteiger partial charge in [-0.25, -0.2) is 8.42 Å². The first-order chi connectivity index (χ1) is 5.56. The maximum absolute atomic E-state index is 11.0. The Hall–Kier alpha value is 0.710. The first-order valence-electron chi connectivity index (χ1n) is 2.90. The van der Waals surface area contributed by atoms with Crippen molar-refractivity contribution in [1.29, 1.82) is 0 Å². The predicted octanol–water partition coefficient (Wildman–Crippen LogP) is -0.440. The van der Waals surface area contributed by atoms with Crippen molar-refractivity contribution in [1.82, 2.24) is 0 Å². The summed E-state index contributed by atoms with van der Waals surface area (Å²) in [5.41, 5.74) is 0. The van der Waals surface area contributed by atoms with Crippen molar-refractivity contribution in [2.75, 3.05) is 0 Å². The van der Waals surface area contributed by atoms with Crippen LogP contribution in [0.25, 0.3) is 4.24 Å². The van der Waals surface area contributed by atoms with Gasteiger partial charge in [0.25, 0.3) is 0 Å². The van der Waals surface area contributed by atoms with Crippen LogP contribution in [0.5, 0.6) is 0 Å². The fourth-order valence-electron chi connectivity index (χ4n) is 0.646. The van der Waals surface area contributed by atoms with Gasteiger partial charge in [0.15, 0.2) is 0 Å². The average molecular weight is 248 g/mol. The maximum atomic E-state index is 11.0. The SMILES string of the molecule is O=S(=O)([N-]Cl)c1ccc(Cl)cc1.[Na+]. The molecule has 0 saturated heterocycles. The van der Waals surface area contributed by atoms with Crippen LogP contribution in [-0.4, -0.2) is 8.42 Å². The van der Waals surface area contributed by atoms with E-state index in [2.05, 4.69) is 4.24 Å². The number of halogens is 2. The monoisotopic (exact) mass is 247 g/mol. The van der Waals surface area contributed by atoms with Gasteiger partial charge in [-0.1, -0.05) is 11.6 Å². The molecule has 0 amide bonds. The van der Waals surface area contributed by atoms with E-state index in [1.165, 1.54) is 24.3 Å². The van der Waals surface area contributed by atoms with Crippen molar-refractivity contribution in [2.45, 2.75) is 4.90 Å². The molecule has 7 heteroatoms. The topological polar surface area (TPSA) is 48.2 Å². The largest absolute Gasteiger partial charge is 1.00 e. The standard InChI is InChI=1S/C6H4Cl2NO2S.Na/c7-5-1-3-6(4-2-5)12(10,11)9-8;/h1-4H;/q-1;+1. The van der Waals surface area contributed by atoms with Crippen LogP contribution in [0, 0.1) is 0 Å². The Labute approximate surface area is 109 Å². The zero-order chi connectivity index (χ0) is 9.19. The Kier molecular flexibility index (Phi) is 5.86. The smallest absolute Gasteiger partial charge is 0.458 e. The van der Waals surface area contributed by atoms with E-state index in [-0.39, 0.29) is 34.5 Å². The van der Waals surface area contributed by atoms with Crippen LogP contribution < -0.4 is 29.6 Å². The number of sulfonamides is 1. The fourth-order valence-corrected chi connectivity index (χ4v) is 1.57. The summed E-state index contributed by atoms with van der Waals surface area (Å²) in [6, 6.07) is 5.58. The fraction of sp³-hybridized carbons (Fsp3) is 0. The normalized spacial score (nSPS) is 10.6. The van der Waals surface area contributed by atoms with Crippen molar-refractivity contribution in [3.05, 3.63) is 33.5 Å². The second-order valence-electron chi connectivity index (χ2n) is 2.00. The summed E-state index contributed by atoms with van der Waals surface area (Å²) in [4.78, 5) is 0.0295. The van der Waals surface area contributed by atoms with E-state index in [4.69, 9.17) is 23.4 Å². The Morgan fingerprint density at radius 1 is 1.15 bits per heavy atom. The number of rotatable bonds is 2. The second kappa shape index (κ2) is 5.56. The summed E-state index contributed by atoms with van der Waals surface area (Å²) in [5, 5.41) is 0.462. The van der Waals surface area contributed by atoms with Gasteiger partial charge in [0.05, 0.1) is 0 Å². The van der Waals surface area contributed by atoms with Crippen LogP contribution in [0.1, 0.15) is 0 Å². The first-order valence-corrected chi connectivity index (χ1v) is 5.06. The minimum absolute atomic E-state index is 0. The summed E-state index contributed by atoms with van der Waals surface area (Å²) < 4.78 is 24.7. The van der Waals surface area contributed by atoms with Crippen LogP contribution in [0.4, 0.5) is 0 Å². The van der Waals surface area contributed by atoms with Crippen molar-refractivity contribution < 1.29 is 38.0 Å². The third-order valence-electron chi connectivity index (χ3n) is 1.20. The third kappa shape index (κ3) is 3.75. The third-order valence-corrected chi connectivity index (χ3v) is 3.05. The van der Waals surface area contributed by atoms with Crippen molar-refractivity contribution in [2.24, 2.45) is 0 Å². The molecule has 0 saturated carbocycles. The molecule has 0 fully saturated rings. The molecular formula is C6H4Cl2NNaO2S. The molecule has 0 unspecified atom stereocenters. The summed E-state index contributed by atoms with van der Waals surface area (Å²) in [6.45, 7) is 0. The molecule has 0 aromatic heterocycles. The van der Waals surface area contributed by atoms with Gasteiger partial charge < -0.3 is 4.24 Å². The molecule has 0 radical (unpaired) electrons. The van der Waals surface area contributed by atoms with E-state index in [9.17, 15) is 8.42 Å². The number of nitrogens with zero attached hydrogens (tertiary/aromatic N) is 1. The van der Waals surface area contributed by atoms with Crippen molar-refractivity contribution in [3.8, 4) is 0 Å². The van der Waals surface area contributed by atoms with Crippen LogP contribution in [-0.2, 0) is 10.0 Å². The molecule has 0 bridgehead atoms. The van der Waals surface area contributed by atoms with Gasteiger partial charge in [-0.2, -0.15) is 0 Å². The van der Waals surface area contributed by atoms with E-state index in [1.807, 2.05) is 0 Å². The van der Waals surface area contributed by atoms with Crippen molar-refractivity contribution >= 4 is 33.4 Å². The van der Waals surface area contributed by atoms with E-state index in [0.29, 0.717) is 5.02 Å². The number of hydrogen-bond donors (Lipinski definition) is 0. The zero-order valence-electron chi connectivity index (χ0n) is 6.74. The molecule has 0 N–H and O–H groups in total. The summed E-state index contributed by atoms with van der Waals surface area (Å²) in [7, 11) is -3.68. The van der Waals surface area contributed by atoms with Gasteiger partial charge in [0.2, 0.25) is 0 Å². The Bertz CT molecular complexity index is 365. The van der Waals surface area contributed by atoms with E-state index in [1.54, 1.807) is 0 Å². The van der Waals surface area contributed by atoms with Gasteiger partial charge in [-0.15, -0.1) is 0 Å². The molecule has 0 aliphatic rings. The molecule has 0 aliphatic heterocycles. The zero-order valence-corrected chi connectivity index (χ0v) is 11.1. The molecule has 0 heterocycles. The van der Waals surface area contributed by atoms with E-state index >= 15 is 0 Å². The van der Waals surface area contributed by atoms with Crippen LogP contribution in [0.15, 0.2) is 29.2 Å². The van der Waals surface area contributed by atoms with E-state index in [0.717, 1.165) is 0 Å². The Balaban J connectivity index is 0.00000144. The molecular weight excluding hydrogens is 244 g/mol. The maximum Gasteiger partial charge on any atom is 1.00 e. The van der Waals surface area contributed by atoms with Crippen LogP contribution >= 0.6 is 23.4 Å². The van der Waals surface area contributed by atoms with Gasteiger partial charge in [0.1, 0.15) is 10.0 Å². The molecule has 3 nitrogen and oxygen atoms in total. The molecule has 1 rings (SSSR count). The number of benzene rings is 1. The van der Waals surface area contributed by atoms with Gasteiger partial charge in [-0.05, 0) is 24.3 Å². The number of hydrogen-bond acceptors (Lipinski definition) is 2. The molecule has 0 aliphatic carbocycles. The molecule has 13 heavy (non-hydrogen) atoms. The van der Waals surface area contributed by atoms with Crippen LogP contribution in [0.2, 0.25) is 5.02 Å². The first kappa shape index (κ1) is 13.7. The Morgan fingerprint density at radius 3 is 2.00 bits per heavy atom. The molecule has 66 valence electrons. The Morgan fingerprint density at radius 2 is 1.62 bits per heavy atom. The predicted molar refractivity (Wildman–Crippen MR) is 47.8 cm³/mol. The molecule has 0 spiro atoms. The molecule has 0 atom stereocenters. The quantitative estimate of drug-likeness (QED) is 0.666. The molecule has 1 aromatic carbocycles. The van der Waals surface area contributed by atoms with E-state index < -0.39 is 10.0 Å². The second-order valence-corrected chi connectivity index (χ2v) is 4.41.